The van der Waals surface area contributed by atoms with Gasteiger partial charge in [0, 0.05) is 0 Å². The van der Waals surface area contributed by atoms with Crippen LogP contribution in [0, 0.1) is 0 Å². The molecule has 0 fully saturated rings. The van der Waals surface area contributed by atoms with E-state index in [4.69, 9.17) is 4.55 Å². The molecule has 1 aromatic rings. The van der Waals surface area contributed by atoms with Gasteiger partial charge in [-0.1, -0.05) is 18.2 Å². The highest BCUT2D eigenvalue weighted by atomic mass is 32.2. The maximum atomic E-state index is 10.2. The summed E-state index contributed by atoms with van der Waals surface area (Å²) >= 11 is 0. The first kappa shape index (κ1) is 10.5. The summed E-state index contributed by atoms with van der Waals surface area (Å²) in [7, 11) is -4.17. The minimum Gasteiger partial charge on any atom is -0.285 e. The molecule has 0 aliphatic carbocycles. The van der Waals surface area contributed by atoms with E-state index < -0.39 is 10.1 Å². The monoisotopic (exact) mass is 215 g/mol. The number of benzene rings is 1. The third-order valence-corrected chi connectivity index (χ3v) is 1.60. The van der Waals surface area contributed by atoms with Crippen molar-refractivity contribution in [1.29, 1.82) is 0 Å². The van der Waals surface area contributed by atoms with E-state index in [2.05, 4.69) is 16.1 Å². The Bertz CT molecular complexity index is 401. The number of hydrazone groups is 1. The van der Waals surface area contributed by atoms with Crippen LogP contribution in [0.4, 0.5) is 5.69 Å². The molecule has 0 aliphatic rings. The van der Waals surface area contributed by atoms with Crippen LogP contribution >= 0.6 is 0 Å². The van der Waals surface area contributed by atoms with Gasteiger partial charge < -0.3 is 0 Å². The highest BCUT2D eigenvalue weighted by Gasteiger charge is 1.95. The van der Waals surface area contributed by atoms with E-state index in [0.29, 0.717) is 5.55 Å². The Labute approximate surface area is 81.4 Å². The Morgan fingerprint density at radius 1 is 1.29 bits per heavy atom. The molecule has 3 N–H and O–H groups in total. The number of hydrogen-bond donors (Lipinski definition) is 3. The van der Waals surface area contributed by atoms with Crippen LogP contribution < -0.4 is 11.0 Å². The Morgan fingerprint density at radius 2 is 1.93 bits per heavy atom. The van der Waals surface area contributed by atoms with Gasteiger partial charge in [-0.25, -0.2) is 5.53 Å². The summed E-state index contributed by atoms with van der Waals surface area (Å²) in [5.74, 6) is 0. The molecule has 0 saturated heterocycles. The normalized spacial score (nSPS) is 11.5. The van der Waals surface area contributed by atoms with Crippen LogP contribution in [-0.2, 0) is 10.1 Å². The zero-order valence-corrected chi connectivity index (χ0v) is 7.90. The van der Waals surface area contributed by atoms with Gasteiger partial charge in [0.05, 0.1) is 5.69 Å². The maximum Gasteiger partial charge on any atom is 0.306 e. The molecular weight excluding hydrogens is 206 g/mol. The molecule has 1 aromatic carbocycles. The van der Waals surface area contributed by atoms with Crippen LogP contribution in [0.2, 0.25) is 0 Å². The molecule has 0 aromatic heterocycles. The maximum absolute atomic E-state index is 10.2. The van der Waals surface area contributed by atoms with Crippen molar-refractivity contribution >= 4 is 21.4 Å². The van der Waals surface area contributed by atoms with E-state index in [-0.39, 0.29) is 0 Å². The van der Waals surface area contributed by atoms with Crippen LogP contribution in [0.5, 0.6) is 0 Å². The third kappa shape index (κ3) is 4.43. The van der Waals surface area contributed by atoms with Crippen molar-refractivity contribution in [3.63, 3.8) is 0 Å². The number of nitrogens with one attached hydrogen (secondary N) is 2. The van der Waals surface area contributed by atoms with E-state index >= 15 is 0 Å². The van der Waals surface area contributed by atoms with E-state index in [9.17, 15) is 8.42 Å². The van der Waals surface area contributed by atoms with Gasteiger partial charge in [-0.05, 0) is 12.1 Å². The molecule has 1 rings (SSSR count). The van der Waals surface area contributed by atoms with Crippen LogP contribution in [0.15, 0.2) is 35.4 Å². The second-order valence-electron chi connectivity index (χ2n) is 2.35. The standard InChI is InChI=1S/C7H9N3O3S/c11-14(12,13)6-8-10-9-7-4-2-1-3-5-7/h1-6,9-10H,(H,11,12,13). The number of hydrazine groups is 1. The molecule has 14 heavy (non-hydrogen) atoms. The van der Waals surface area contributed by atoms with Gasteiger partial charge in [0.1, 0.15) is 0 Å². The lowest BCUT2D eigenvalue weighted by Gasteiger charge is -2.02. The Kier molecular flexibility index (Phi) is 3.43. The molecule has 0 amide bonds. The average Bonchev–Trinajstić information content (AvgIpc) is 2.13. The molecule has 76 valence electrons. The van der Waals surface area contributed by atoms with Crippen LogP contribution in [-0.4, -0.2) is 18.5 Å². The van der Waals surface area contributed by atoms with Crippen LogP contribution in [0.25, 0.3) is 0 Å². The zero-order valence-electron chi connectivity index (χ0n) is 7.08. The molecule has 0 atom stereocenters. The predicted octanol–water partition coefficient (Wildman–Crippen LogP) is 0.434. The quantitative estimate of drug-likeness (QED) is 0.293. The smallest absolute Gasteiger partial charge is 0.285 e. The molecule has 0 radical (unpaired) electrons. The molecule has 6 nitrogen and oxygen atoms in total. The van der Waals surface area contributed by atoms with Gasteiger partial charge in [0.15, 0.2) is 5.55 Å². The summed E-state index contributed by atoms with van der Waals surface area (Å²) in [5.41, 5.74) is 5.95. The van der Waals surface area contributed by atoms with Crippen molar-refractivity contribution in [3.8, 4) is 0 Å². The van der Waals surface area contributed by atoms with Gasteiger partial charge in [-0.2, -0.15) is 13.5 Å². The molecule has 0 saturated carbocycles. The van der Waals surface area contributed by atoms with Crippen molar-refractivity contribution in [3.05, 3.63) is 30.3 Å². The summed E-state index contributed by atoms with van der Waals surface area (Å²) in [6.45, 7) is 0. The summed E-state index contributed by atoms with van der Waals surface area (Å²) in [4.78, 5) is 0. The molecule has 7 heteroatoms. The first-order chi connectivity index (χ1) is 6.58. The first-order valence-electron chi connectivity index (χ1n) is 3.64. The summed E-state index contributed by atoms with van der Waals surface area (Å²) in [6, 6.07) is 8.96. The molecule has 0 spiro atoms. The second-order valence-corrected chi connectivity index (χ2v) is 3.59. The molecular formula is C7H9N3O3S. The molecule has 0 heterocycles. The minimum absolute atomic E-state index is 0.392. The van der Waals surface area contributed by atoms with Crippen molar-refractivity contribution in [2.45, 2.75) is 0 Å². The highest BCUT2D eigenvalue weighted by Crippen LogP contribution is 2.01. The Balaban J connectivity index is 2.40. The number of nitrogens with zero attached hydrogens (tertiary/aromatic N) is 1. The van der Waals surface area contributed by atoms with E-state index in [1.54, 1.807) is 24.3 Å². The fourth-order valence-corrected chi connectivity index (χ4v) is 0.897. The average molecular weight is 215 g/mol. The zero-order chi connectivity index (χ0) is 10.4. The van der Waals surface area contributed by atoms with Crippen LogP contribution in [0.3, 0.4) is 0 Å². The van der Waals surface area contributed by atoms with Crippen molar-refractivity contribution in [1.82, 2.24) is 5.53 Å². The number of hydrogen-bond acceptors (Lipinski definition) is 5. The van der Waals surface area contributed by atoms with Gasteiger partial charge in [-0.15, -0.1) is 0 Å². The largest absolute Gasteiger partial charge is 0.306 e. The first-order valence-corrected chi connectivity index (χ1v) is 5.15. The van der Waals surface area contributed by atoms with E-state index in [1.165, 1.54) is 0 Å². The van der Waals surface area contributed by atoms with Gasteiger partial charge in [-0.3, -0.25) is 9.98 Å². The lowest BCUT2D eigenvalue weighted by molar-refractivity contribution is 0.499. The van der Waals surface area contributed by atoms with E-state index in [1.807, 2.05) is 6.07 Å². The van der Waals surface area contributed by atoms with Crippen molar-refractivity contribution in [2.75, 3.05) is 5.43 Å². The highest BCUT2D eigenvalue weighted by molar-refractivity contribution is 7.99. The topological polar surface area (TPSA) is 90.8 Å². The van der Waals surface area contributed by atoms with Crippen molar-refractivity contribution in [2.24, 2.45) is 5.10 Å². The van der Waals surface area contributed by atoms with Gasteiger partial charge in [0.2, 0.25) is 0 Å². The third-order valence-electron chi connectivity index (χ3n) is 1.22. The molecule has 0 bridgehead atoms. The summed E-state index contributed by atoms with van der Waals surface area (Å²) < 4.78 is 28.6. The van der Waals surface area contributed by atoms with Crippen LogP contribution in [0.1, 0.15) is 0 Å². The summed E-state index contributed by atoms with van der Waals surface area (Å²) in [6.07, 6.45) is 0. The lowest BCUT2D eigenvalue weighted by Crippen LogP contribution is -2.16. The second kappa shape index (κ2) is 4.58. The van der Waals surface area contributed by atoms with E-state index in [0.717, 1.165) is 5.69 Å². The molecule has 0 aliphatic heterocycles. The Hall–Kier alpha value is -1.60. The van der Waals surface area contributed by atoms with Crippen molar-refractivity contribution < 1.29 is 13.0 Å². The number of rotatable bonds is 4. The lowest BCUT2D eigenvalue weighted by atomic mass is 10.3. The predicted molar refractivity (Wildman–Crippen MR) is 53.2 cm³/mol. The fraction of sp³-hybridized carbons (Fsp3) is 0. The number of anilines is 1. The number of para-hydroxylation sites is 1. The SMILES string of the molecule is O=S(=O)(O)C=NNNc1ccccc1. The summed E-state index contributed by atoms with van der Waals surface area (Å²) in [5, 5.41) is 3.21. The van der Waals surface area contributed by atoms with Gasteiger partial charge >= 0.3 is 10.1 Å². The fourth-order valence-electron chi connectivity index (χ4n) is 0.711. The van der Waals surface area contributed by atoms with Gasteiger partial charge in [0.25, 0.3) is 0 Å². The molecule has 0 unspecified atom stereocenters. The minimum atomic E-state index is -4.17. The Morgan fingerprint density at radius 3 is 2.50 bits per heavy atom.